The van der Waals surface area contributed by atoms with Crippen LogP contribution in [0.2, 0.25) is 0 Å². The highest BCUT2D eigenvalue weighted by Gasteiger charge is 2.39. The van der Waals surface area contributed by atoms with Gasteiger partial charge in [0.2, 0.25) is 10.0 Å². The van der Waals surface area contributed by atoms with Gasteiger partial charge in [0, 0.05) is 13.0 Å². The van der Waals surface area contributed by atoms with E-state index in [9.17, 15) is 31.2 Å². The maximum atomic E-state index is 12.6. The molecule has 3 heterocycles. The van der Waals surface area contributed by atoms with Gasteiger partial charge < -0.3 is 5.32 Å². The SMILES string of the molecule is O=C1NC(=O)[C@H](CNS(=O)(=O)c2ccc(C3=NN=C(C(F)(F)F)C3)s2)N1. The van der Waals surface area contributed by atoms with Gasteiger partial charge in [-0.3, -0.25) is 10.1 Å². The summed E-state index contributed by atoms with van der Waals surface area (Å²) in [6.07, 6.45) is -5.13. The van der Waals surface area contributed by atoms with Crippen LogP contribution in [0.4, 0.5) is 18.0 Å². The number of thiophene rings is 1. The molecule has 0 radical (unpaired) electrons. The molecule has 9 nitrogen and oxygen atoms in total. The molecule has 0 aliphatic carbocycles. The Bertz CT molecular complexity index is 935. The molecule has 1 aromatic heterocycles. The van der Waals surface area contributed by atoms with Gasteiger partial charge in [-0.25, -0.2) is 17.9 Å². The molecular weight excluding hydrogens is 399 g/mol. The summed E-state index contributed by atoms with van der Waals surface area (Å²) in [5, 5.41) is 10.7. The normalized spacial score (nSPS) is 20.7. The van der Waals surface area contributed by atoms with Gasteiger partial charge in [-0.15, -0.1) is 16.4 Å². The lowest BCUT2D eigenvalue weighted by Gasteiger charge is -2.08. The second-order valence-electron chi connectivity index (χ2n) is 5.25. The van der Waals surface area contributed by atoms with Gasteiger partial charge in [0.25, 0.3) is 5.91 Å². The van der Waals surface area contributed by atoms with E-state index in [-0.39, 0.29) is 21.3 Å². The number of rotatable bonds is 5. The number of imide groups is 1. The van der Waals surface area contributed by atoms with E-state index in [4.69, 9.17) is 0 Å². The van der Waals surface area contributed by atoms with E-state index >= 15 is 0 Å². The van der Waals surface area contributed by atoms with E-state index in [0.29, 0.717) is 0 Å². The van der Waals surface area contributed by atoms with E-state index in [1.54, 1.807) is 0 Å². The molecule has 0 unspecified atom stereocenters. The Labute approximate surface area is 148 Å². The standard InChI is InChI=1S/C12H10F3N5O4S2/c13-12(14,15)8-3-5(19-20-8)7-1-2-9(25-7)26(23,24)16-4-6-10(21)18-11(22)17-6/h1-2,6,16H,3-4H2,(H2,17,18,21,22)/t6-/m0/s1. The Morgan fingerprint density at radius 2 is 2.00 bits per heavy atom. The Balaban J connectivity index is 1.66. The third kappa shape index (κ3) is 3.76. The number of amides is 3. The number of carbonyl (C=O) groups excluding carboxylic acids is 2. The van der Waals surface area contributed by atoms with E-state index in [0.717, 1.165) is 11.3 Å². The highest BCUT2D eigenvalue weighted by atomic mass is 32.2. The van der Waals surface area contributed by atoms with Crippen molar-refractivity contribution in [3.8, 4) is 0 Å². The summed E-state index contributed by atoms with van der Waals surface area (Å²) in [6.45, 7) is -0.366. The number of hydrogen-bond acceptors (Lipinski definition) is 7. The number of nitrogens with one attached hydrogen (secondary N) is 3. The maximum Gasteiger partial charge on any atom is 0.431 e. The minimum Gasteiger partial charge on any atom is -0.325 e. The van der Waals surface area contributed by atoms with Crippen LogP contribution in [0.1, 0.15) is 11.3 Å². The zero-order valence-electron chi connectivity index (χ0n) is 12.6. The Kier molecular flexibility index (Phi) is 4.58. The van der Waals surface area contributed by atoms with E-state index in [1.807, 2.05) is 5.32 Å². The van der Waals surface area contributed by atoms with Crippen molar-refractivity contribution in [3.05, 3.63) is 17.0 Å². The van der Waals surface area contributed by atoms with E-state index in [1.165, 1.54) is 12.1 Å². The summed E-state index contributed by atoms with van der Waals surface area (Å²) in [4.78, 5) is 22.6. The zero-order chi connectivity index (χ0) is 19.1. The topological polar surface area (TPSA) is 129 Å². The lowest BCUT2D eigenvalue weighted by molar-refractivity contribution is -0.120. The number of carbonyl (C=O) groups is 2. The third-order valence-corrected chi connectivity index (χ3v) is 6.47. The molecule has 14 heteroatoms. The molecule has 0 saturated carbocycles. The average Bonchev–Trinajstić information content (AvgIpc) is 3.23. The summed E-state index contributed by atoms with van der Waals surface area (Å²) < 4.78 is 64.2. The fourth-order valence-corrected chi connectivity index (χ4v) is 4.51. The summed E-state index contributed by atoms with van der Waals surface area (Å²) in [5.41, 5.74) is -1.03. The molecule has 3 amide bonds. The predicted octanol–water partition coefficient (Wildman–Crippen LogP) is 0.346. The van der Waals surface area contributed by atoms with Gasteiger partial charge in [-0.2, -0.15) is 18.3 Å². The molecule has 3 N–H and O–H groups in total. The smallest absolute Gasteiger partial charge is 0.325 e. The Morgan fingerprint density at radius 3 is 2.58 bits per heavy atom. The molecule has 0 aromatic carbocycles. The van der Waals surface area contributed by atoms with Crippen LogP contribution < -0.4 is 15.4 Å². The first-order valence-corrected chi connectivity index (χ1v) is 9.28. The second-order valence-corrected chi connectivity index (χ2v) is 8.33. The largest absolute Gasteiger partial charge is 0.431 e. The average molecular weight is 409 g/mol. The van der Waals surface area contributed by atoms with Gasteiger partial charge in [-0.1, -0.05) is 0 Å². The molecule has 1 fully saturated rings. The molecule has 0 spiro atoms. The minimum atomic E-state index is -4.59. The van der Waals surface area contributed by atoms with Crippen LogP contribution in [0.3, 0.4) is 0 Å². The van der Waals surface area contributed by atoms with Crippen LogP contribution >= 0.6 is 11.3 Å². The van der Waals surface area contributed by atoms with Crippen LogP contribution in [0.5, 0.6) is 0 Å². The van der Waals surface area contributed by atoms with E-state index < -0.39 is 46.3 Å². The van der Waals surface area contributed by atoms with Gasteiger partial charge in [0.05, 0.1) is 10.6 Å². The highest BCUT2D eigenvalue weighted by Crippen LogP contribution is 2.28. The van der Waals surface area contributed by atoms with Crippen LogP contribution in [0.25, 0.3) is 0 Å². The highest BCUT2D eigenvalue weighted by molar-refractivity contribution is 7.91. The number of hydrogen-bond donors (Lipinski definition) is 3. The summed E-state index contributed by atoms with van der Waals surface area (Å²) in [6, 6.07) is 0.775. The van der Waals surface area contributed by atoms with Crippen LogP contribution in [0.15, 0.2) is 26.5 Å². The van der Waals surface area contributed by atoms with Crippen LogP contribution in [-0.4, -0.2) is 50.5 Å². The fourth-order valence-electron chi connectivity index (χ4n) is 2.13. The first-order valence-electron chi connectivity index (χ1n) is 6.98. The van der Waals surface area contributed by atoms with Gasteiger partial charge in [0.15, 0.2) is 0 Å². The summed E-state index contributed by atoms with van der Waals surface area (Å²) in [7, 11) is -4.02. The van der Waals surface area contributed by atoms with Crippen molar-refractivity contribution in [3.63, 3.8) is 0 Å². The van der Waals surface area contributed by atoms with E-state index in [2.05, 4.69) is 20.2 Å². The summed E-state index contributed by atoms with van der Waals surface area (Å²) >= 11 is 0.724. The van der Waals surface area contributed by atoms with Crippen molar-refractivity contribution in [2.24, 2.45) is 10.2 Å². The van der Waals surface area contributed by atoms with Crippen molar-refractivity contribution in [1.82, 2.24) is 15.4 Å². The molecule has 1 saturated heterocycles. The third-order valence-electron chi connectivity index (χ3n) is 3.42. The van der Waals surface area contributed by atoms with Gasteiger partial charge in [0.1, 0.15) is 16.0 Å². The number of alkyl halides is 3. The van der Waals surface area contributed by atoms with Gasteiger partial charge >= 0.3 is 12.2 Å². The Morgan fingerprint density at radius 1 is 1.27 bits per heavy atom. The predicted molar refractivity (Wildman–Crippen MR) is 84.6 cm³/mol. The molecule has 2 aliphatic heterocycles. The number of halogens is 3. The van der Waals surface area contributed by atoms with Crippen LogP contribution in [0, 0.1) is 0 Å². The first-order chi connectivity index (χ1) is 12.1. The minimum absolute atomic E-state index is 0.0196. The quantitative estimate of drug-likeness (QED) is 0.606. The molecule has 3 rings (SSSR count). The fraction of sp³-hybridized carbons (Fsp3) is 0.333. The molecule has 0 bridgehead atoms. The number of nitrogens with zero attached hydrogens (tertiary/aromatic N) is 2. The lowest BCUT2D eigenvalue weighted by atomic mass is 10.1. The van der Waals surface area contributed by atoms with Crippen LogP contribution in [-0.2, 0) is 14.8 Å². The van der Waals surface area contributed by atoms with Crippen molar-refractivity contribution in [2.45, 2.75) is 22.8 Å². The van der Waals surface area contributed by atoms with Crippen molar-refractivity contribution in [1.29, 1.82) is 0 Å². The zero-order valence-corrected chi connectivity index (χ0v) is 14.3. The van der Waals surface area contributed by atoms with Crippen molar-refractivity contribution in [2.75, 3.05) is 6.54 Å². The molecule has 1 aromatic rings. The van der Waals surface area contributed by atoms with Gasteiger partial charge in [-0.05, 0) is 12.1 Å². The van der Waals surface area contributed by atoms with Crippen molar-refractivity contribution >= 4 is 44.7 Å². The summed E-state index contributed by atoms with van der Waals surface area (Å²) in [5.74, 6) is -0.665. The lowest BCUT2D eigenvalue weighted by Crippen LogP contribution is -2.41. The second kappa shape index (κ2) is 6.44. The number of urea groups is 1. The first kappa shape index (κ1) is 18.5. The molecule has 26 heavy (non-hydrogen) atoms. The monoisotopic (exact) mass is 409 g/mol. The molecule has 2 aliphatic rings. The molecule has 140 valence electrons. The maximum absolute atomic E-state index is 12.6. The number of sulfonamides is 1. The Hall–Kier alpha value is -2.32. The molecular formula is C12H10F3N5O4S2. The molecule has 1 atom stereocenters. The van der Waals surface area contributed by atoms with Crippen molar-refractivity contribution < 1.29 is 31.2 Å².